The molecular weight excluding hydrogens is 491 g/mol. The second-order valence-electron chi connectivity index (χ2n) is 8.41. The molecular formula is C26H22Cl2N2O5. The highest BCUT2D eigenvalue weighted by Crippen LogP contribution is 2.44. The summed E-state index contributed by atoms with van der Waals surface area (Å²) in [5.74, 6) is 0.290. The predicted molar refractivity (Wildman–Crippen MR) is 131 cm³/mol. The molecule has 9 heteroatoms. The van der Waals surface area contributed by atoms with Crippen LogP contribution in [0.15, 0.2) is 74.5 Å². The van der Waals surface area contributed by atoms with Gasteiger partial charge in [0.25, 0.3) is 5.91 Å². The summed E-state index contributed by atoms with van der Waals surface area (Å²) in [6.07, 6.45) is 7.65. The third-order valence-corrected chi connectivity index (χ3v) is 6.90. The number of fused-ring (bicyclic) bond motifs is 1. The number of nitrogens with zero attached hydrogens (tertiary/aromatic N) is 2. The first kappa shape index (κ1) is 23.5. The average molecular weight is 513 g/mol. The van der Waals surface area contributed by atoms with Crippen LogP contribution in [-0.4, -0.2) is 29.2 Å². The molecule has 2 atom stereocenters. The monoisotopic (exact) mass is 512 g/mol. The summed E-state index contributed by atoms with van der Waals surface area (Å²) < 4.78 is 16.4. The smallest absolute Gasteiger partial charge is 0.310 e. The molecule has 2 aromatic heterocycles. The van der Waals surface area contributed by atoms with Gasteiger partial charge in [-0.1, -0.05) is 29.3 Å². The summed E-state index contributed by atoms with van der Waals surface area (Å²) in [7, 11) is 0. The summed E-state index contributed by atoms with van der Waals surface area (Å²) >= 11 is 12.3. The van der Waals surface area contributed by atoms with Crippen LogP contribution in [0.3, 0.4) is 0 Å². The molecule has 0 N–H and O–H groups in total. The molecule has 2 unspecified atom stereocenters. The maximum absolute atomic E-state index is 13.2. The van der Waals surface area contributed by atoms with E-state index in [2.05, 4.69) is 0 Å². The van der Waals surface area contributed by atoms with Crippen molar-refractivity contribution in [1.82, 2.24) is 5.01 Å². The number of esters is 1. The number of furan rings is 2. The number of hydrazone groups is 1. The normalized spacial score (nSPS) is 20.6. The number of halogens is 2. The van der Waals surface area contributed by atoms with Crippen LogP contribution in [0.25, 0.3) is 6.08 Å². The Morgan fingerprint density at radius 2 is 1.86 bits per heavy atom. The second kappa shape index (κ2) is 10.1. The van der Waals surface area contributed by atoms with Crippen LogP contribution in [0.1, 0.15) is 42.4 Å². The zero-order valence-electron chi connectivity index (χ0n) is 18.7. The highest BCUT2D eigenvalue weighted by Gasteiger charge is 2.45. The fraction of sp³-hybridized carbons (Fsp3) is 0.269. The summed E-state index contributed by atoms with van der Waals surface area (Å²) in [4.78, 5) is 25.7. The fourth-order valence-electron chi connectivity index (χ4n) is 4.60. The molecule has 0 radical (unpaired) electrons. The van der Waals surface area contributed by atoms with Gasteiger partial charge in [-0.3, -0.25) is 9.59 Å². The van der Waals surface area contributed by atoms with Crippen LogP contribution in [0.5, 0.6) is 0 Å². The minimum atomic E-state index is -0.606. The standard InChI is InChI=1S/C26H22Cl2N2O5/c27-20-8-2-9-21(28)19(20)14-24(32)35-15-23(31)30-26(22-10-4-12-34-22)18-7-1-5-16(25(18)29-30)13-17-6-3-11-33-17/h2-4,6,8-13,18,26H,1,5,7,14-15H2. The molecule has 7 nitrogen and oxygen atoms in total. The zero-order valence-corrected chi connectivity index (χ0v) is 20.2. The van der Waals surface area contributed by atoms with Crippen molar-refractivity contribution in [3.05, 3.63) is 87.7 Å². The van der Waals surface area contributed by atoms with Gasteiger partial charge in [-0.25, -0.2) is 5.01 Å². The fourth-order valence-corrected chi connectivity index (χ4v) is 5.13. The van der Waals surface area contributed by atoms with E-state index >= 15 is 0 Å². The highest BCUT2D eigenvalue weighted by molar-refractivity contribution is 6.36. The van der Waals surface area contributed by atoms with Gasteiger partial charge in [-0.2, -0.15) is 5.10 Å². The first-order chi connectivity index (χ1) is 17.0. The van der Waals surface area contributed by atoms with Gasteiger partial charge in [0.2, 0.25) is 0 Å². The lowest BCUT2D eigenvalue weighted by molar-refractivity contribution is -0.152. The molecule has 0 spiro atoms. The molecule has 1 amide bonds. The lowest BCUT2D eigenvalue weighted by Crippen LogP contribution is -2.34. The molecule has 0 saturated heterocycles. The zero-order chi connectivity index (χ0) is 24.4. The molecule has 0 bridgehead atoms. The third-order valence-electron chi connectivity index (χ3n) is 6.19. The number of amides is 1. The van der Waals surface area contributed by atoms with Crippen LogP contribution in [0.2, 0.25) is 10.0 Å². The van der Waals surface area contributed by atoms with Crippen molar-refractivity contribution in [2.75, 3.05) is 6.61 Å². The van der Waals surface area contributed by atoms with Crippen LogP contribution in [-0.2, 0) is 20.7 Å². The lowest BCUT2D eigenvalue weighted by atomic mass is 9.79. The van der Waals surface area contributed by atoms with Gasteiger partial charge < -0.3 is 13.6 Å². The molecule has 1 aromatic carbocycles. The Bertz CT molecular complexity index is 1260. The van der Waals surface area contributed by atoms with E-state index in [0.717, 1.165) is 36.3 Å². The molecule has 3 heterocycles. The minimum absolute atomic E-state index is 0.0299. The van der Waals surface area contributed by atoms with Crippen LogP contribution in [0, 0.1) is 5.92 Å². The minimum Gasteiger partial charge on any atom is -0.467 e. The number of hydrogen-bond acceptors (Lipinski definition) is 6. The van der Waals surface area contributed by atoms with Crippen molar-refractivity contribution in [1.29, 1.82) is 0 Å². The molecule has 2 aliphatic rings. The number of ether oxygens (including phenoxy) is 1. The van der Waals surface area contributed by atoms with Gasteiger partial charge in [0, 0.05) is 21.5 Å². The summed E-state index contributed by atoms with van der Waals surface area (Å²) in [6.45, 7) is -0.459. The largest absolute Gasteiger partial charge is 0.467 e. The van der Waals surface area contributed by atoms with Crippen LogP contribution >= 0.6 is 23.2 Å². The number of rotatable bonds is 6. The quantitative estimate of drug-likeness (QED) is 0.373. The van der Waals surface area contributed by atoms with E-state index in [1.807, 2.05) is 24.3 Å². The van der Waals surface area contributed by atoms with Gasteiger partial charge in [-0.15, -0.1) is 0 Å². The number of carbonyl (C=O) groups is 2. The molecule has 1 fully saturated rings. The van der Waals surface area contributed by atoms with E-state index in [-0.39, 0.29) is 12.3 Å². The maximum atomic E-state index is 13.2. The molecule has 1 aliphatic heterocycles. The predicted octanol–water partition coefficient (Wildman–Crippen LogP) is 6.09. The van der Waals surface area contributed by atoms with Crippen molar-refractivity contribution in [2.24, 2.45) is 11.0 Å². The Labute approximate surface area is 211 Å². The molecule has 1 aliphatic carbocycles. The van der Waals surface area contributed by atoms with Crippen molar-refractivity contribution in [2.45, 2.75) is 31.7 Å². The van der Waals surface area contributed by atoms with E-state index in [9.17, 15) is 9.59 Å². The Morgan fingerprint density at radius 1 is 1.09 bits per heavy atom. The van der Waals surface area contributed by atoms with Crippen molar-refractivity contribution in [3.63, 3.8) is 0 Å². The molecule has 180 valence electrons. The lowest BCUT2D eigenvalue weighted by Gasteiger charge is -2.27. The number of carbonyl (C=O) groups excluding carboxylic acids is 2. The maximum Gasteiger partial charge on any atom is 0.310 e. The Morgan fingerprint density at radius 3 is 2.57 bits per heavy atom. The SMILES string of the molecule is O=C(Cc1c(Cl)cccc1Cl)OCC(=O)N1N=C2C(=Cc3ccco3)CCCC2C1c1ccco1. The number of allylic oxidation sites excluding steroid dienone is 1. The number of hydrogen-bond donors (Lipinski definition) is 0. The Hall–Kier alpha value is -3.29. The molecule has 5 rings (SSSR count). The highest BCUT2D eigenvalue weighted by atomic mass is 35.5. The Balaban J connectivity index is 1.35. The van der Waals surface area contributed by atoms with E-state index in [1.165, 1.54) is 5.01 Å². The van der Waals surface area contributed by atoms with Crippen molar-refractivity contribution < 1.29 is 23.2 Å². The summed E-state index contributed by atoms with van der Waals surface area (Å²) in [5, 5.41) is 6.81. The van der Waals surface area contributed by atoms with Gasteiger partial charge in [0.15, 0.2) is 6.61 Å². The molecule has 1 saturated carbocycles. The van der Waals surface area contributed by atoms with Gasteiger partial charge in [0.1, 0.15) is 17.6 Å². The van der Waals surface area contributed by atoms with Gasteiger partial charge in [0.05, 0.1) is 24.7 Å². The van der Waals surface area contributed by atoms with Gasteiger partial charge >= 0.3 is 5.97 Å². The summed E-state index contributed by atoms with van der Waals surface area (Å²) in [6, 6.07) is 11.9. The first-order valence-corrected chi connectivity index (χ1v) is 12.0. The molecule has 35 heavy (non-hydrogen) atoms. The molecule has 3 aromatic rings. The Kier molecular flexibility index (Phi) is 6.79. The van der Waals surface area contributed by atoms with E-state index in [0.29, 0.717) is 21.4 Å². The van der Waals surface area contributed by atoms with E-state index in [4.69, 9.17) is 41.9 Å². The first-order valence-electron chi connectivity index (χ1n) is 11.3. The average Bonchev–Trinajstić information content (AvgIpc) is 3.61. The second-order valence-corrected chi connectivity index (χ2v) is 9.22. The van der Waals surface area contributed by atoms with Crippen molar-refractivity contribution >= 4 is 46.9 Å². The van der Waals surface area contributed by atoms with E-state index < -0.39 is 24.5 Å². The van der Waals surface area contributed by atoms with Crippen molar-refractivity contribution in [3.8, 4) is 0 Å². The third kappa shape index (κ3) is 4.92. The van der Waals surface area contributed by atoms with Crippen LogP contribution in [0.4, 0.5) is 0 Å². The van der Waals surface area contributed by atoms with Gasteiger partial charge in [-0.05, 0) is 67.3 Å². The van der Waals surface area contributed by atoms with E-state index in [1.54, 1.807) is 36.8 Å². The van der Waals surface area contributed by atoms with Crippen LogP contribution < -0.4 is 0 Å². The topological polar surface area (TPSA) is 85.3 Å². The number of benzene rings is 1. The summed E-state index contributed by atoms with van der Waals surface area (Å²) in [5.41, 5.74) is 2.31.